The molecule has 20 radical (unpaired) electrons. The lowest BCUT2D eigenvalue weighted by atomic mass is 8.41. The summed E-state index contributed by atoms with van der Waals surface area (Å²) in [5.74, 6) is -0.341. The van der Waals surface area contributed by atoms with Crippen molar-refractivity contribution in [3.63, 3.8) is 0 Å². The quantitative estimate of drug-likeness (QED) is 0.0307. The van der Waals surface area contributed by atoms with E-state index in [0.717, 1.165) is 93.1 Å². The third kappa shape index (κ3) is 19.5. The third-order valence-electron chi connectivity index (χ3n) is 23.6. The molecule has 0 aliphatic rings. The number of benzene rings is 17. The second-order valence-corrected chi connectivity index (χ2v) is 34.5. The summed E-state index contributed by atoms with van der Waals surface area (Å²) < 4.78 is 82.5. The highest BCUT2D eigenvalue weighted by atomic mass is 79.9. The number of rotatable bonds is 17. The Labute approximate surface area is 790 Å². The van der Waals surface area contributed by atoms with Gasteiger partial charge < -0.3 is 33.2 Å². The Morgan fingerprint density at radius 1 is 0.333 bits per heavy atom. The van der Waals surface area contributed by atoms with Gasteiger partial charge in [-0.15, -0.1) is 0 Å². The zero-order valence-corrected chi connectivity index (χ0v) is 73.1. The highest BCUT2D eigenvalue weighted by Crippen LogP contribution is 2.43. The summed E-state index contributed by atoms with van der Waals surface area (Å²) in [5, 5.41) is 15.6. The van der Waals surface area contributed by atoms with Crippen LogP contribution in [0.25, 0.3) is 165 Å². The van der Waals surface area contributed by atoms with E-state index in [0.29, 0.717) is 16.2 Å². The van der Waals surface area contributed by atoms with Gasteiger partial charge in [-0.2, -0.15) is 21.6 Å². The van der Waals surface area contributed by atoms with Crippen molar-refractivity contribution >= 4 is 281 Å². The molecule has 608 valence electrons. The average molecular weight is 1770 g/mol. The first-order chi connectivity index (χ1) is 63.3. The molecule has 0 fully saturated rings. The van der Waals surface area contributed by atoms with Gasteiger partial charge in [-0.3, -0.25) is 0 Å². The van der Waals surface area contributed by atoms with Crippen LogP contribution in [0.2, 0.25) is 0 Å². The van der Waals surface area contributed by atoms with Crippen LogP contribution in [0.4, 0.5) is 30.2 Å². The summed E-state index contributed by atoms with van der Waals surface area (Å²) in [6.07, 6.45) is -6.04. The van der Waals surface area contributed by atoms with Gasteiger partial charge in [0.25, 0.3) is 0 Å². The van der Waals surface area contributed by atoms with Crippen molar-refractivity contribution in [3.8, 4) is 61.6 Å². The Bertz CT molecular complexity index is 7770. The fraction of sp³-hybridized carbons (Fsp3) is 0.0200. The summed E-state index contributed by atoms with van der Waals surface area (Å²) in [7, 11) is 51.0. The van der Waals surface area contributed by atoms with Gasteiger partial charge in [0, 0.05) is 221 Å². The van der Waals surface area contributed by atoms with Crippen molar-refractivity contribution in [2.45, 2.75) is 12.9 Å². The van der Waals surface area contributed by atoms with Crippen LogP contribution in [0, 0.1) is 0 Å². The van der Waals surface area contributed by atoms with Crippen molar-refractivity contribution in [2.75, 3.05) is 11.1 Å². The van der Waals surface area contributed by atoms with Gasteiger partial charge in [0.05, 0.1) is 22.1 Å². The number of alkyl halides is 3. The fourth-order valence-corrected chi connectivity index (χ4v) is 18.2. The van der Waals surface area contributed by atoms with E-state index in [1.807, 2.05) is 54.6 Å². The predicted octanol–water partition coefficient (Wildman–Crippen LogP) is 21.8. The molecule has 9 nitrogen and oxygen atoms in total. The van der Waals surface area contributed by atoms with Crippen LogP contribution in [-0.2, 0) is 10.1 Å². The minimum Gasteiger partial charge on any atom is -0.455 e. The highest BCUT2D eigenvalue weighted by molar-refractivity contribution is 9.10. The molecule has 17 aromatic carbocycles. The molecule has 0 atom stereocenters. The molecule has 4 heterocycles. The summed E-state index contributed by atoms with van der Waals surface area (Å²) in [6, 6.07) is 129. The summed E-state index contributed by atoms with van der Waals surface area (Å²) in [4.78, 5) is 0. The first kappa shape index (κ1) is 92.5. The number of nitrogens with zero attached hydrogens (tertiary/aromatic N) is 2. The lowest BCUT2D eigenvalue weighted by molar-refractivity contribution is -0.0499. The molecule has 32 heteroatoms. The molecular weight excluding hydrogens is 1700 g/mol. The second-order valence-electron chi connectivity index (χ2n) is 32.1. The lowest BCUT2D eigenvalue weighted by Gasteiger charge is -2.40. The maximum absolute atomic E-state index is 12.5. The number of para-hydroxylation sites is 8. The summed E-state index contributed by atoms with van der Waals surface area (Å²) in [6.45, 7) is 0. The molecule has 0 aliphatic carbocycles. The van der Waals surface area contributed by atoms with Gasteiger partial charge in [0.15, 0.2) is 5.75 Å². The SMILES string of the molecule is Brc1ccc(-c2ccc3c(c2)c2ccccc2n3-c2ccccc2)cc1.C.Nc1ccc(-c2cccc3c2oc2ccccc23)cc1.O=S(=O)(Oc1cccc2ccc3ccccc3c12)C(F)(F)F.[B]B([B])B(B([B])[B])B(B([B])[B])B(B([B])[B])B([B])[B].c1ccc(-n2c3ccccc3c3cc(-c4ccc(Nc5ccc(-c6cccc7c6oc6ccccc67)cc5)cc4)ccc32)cc1. The van der Waals surface area contributed by atoms with Crippen LogP contribution in [-0.4, -0.2) is 152 Å². The minimum atomic E-state index is -5.71. The van der Waals surface area contributed by atoms with Gasteiger partial charge >= 0.3 is 15.6 Å². The number of hydrogen-bond acceptors (Lipinski definition) is 7. The van der Waals surface area contributed by atoms with Gasteiger partial charge in [0.2, 0.25) is 0 Å². The van der Waals surface area contributed by atoms with Crippen molar-refractivity contribution in [1.82, 2.24) is 9.13 Å². The van der Waals surface area contributed by atoms with Crippen LogP contribution >= 0.6 is 15.9 Å². The monoisotopic (exact) mass is 1770 g/mol. The molecule has 4 aromatic heterocycles. The highest BCUT2D eigenvalue weighted by Gasteiger charge is 2.49. The maximum Gasteiger partial charge on any atom is 0.534 e. The van der Waals surface area contributed by atoms with E-state index in [4.69, 9.17) is 91.9 Å². The molecule has 0 bridgehead atoms. The molecule has 0 saturated heterocycles. The van der Waals surface area contributed by atoms with E-state index in [-0.39, 0.29) is 13.2 Å². The Balaban J connectivity index is 0.000000127. The number of aromatic nitrogens is 2. The van der Waals surface area contributed by atoms with Crippen molar-refractivity contribution in [1.29, 1.82) is 0 Å². The zero-order valence-electron chi connectivity index (χ0n) is 70.7. The van der Waals surface area contributed by atoms with Crippen LogP contribution in [0.1, 0.15) is 7.43 Å². The Kier molecular flexibility index (Phi) is 28.1. The number of nitrogens with two attached hydrogens (primary N) is 1. The Hall–Kier alpha value is -12.8. The lowest BCUT2D eigenvalue weighted by Crippen LogP contribution is -2.78. The molecule has 0 amide bonds. The third-order valence-corrected chi connectivity index (χ3v) is 25.1. The number of nitrogens with one attached hydrogen (secondary N) is 1. The first-order valence-electron chi connectivity index (χ1n) is 42.4. The first-order valence-corrected chi connectivity index (χ1v) is 44.6. The number of nitrogen functional groups attached to an aromatic ring is 1. The van der Waals surface area contributed by atoms with E-state index in [9.17, 15) is 21.6 Å². The molecule has 0 aliphatic heterocycles. The predicted molar refractivity (Wildman–Crippen MR) is 574 cm³/mol. The average Bonchev–Trinajstić information content (AvgIpc) is 1.59. The van der Waals surface area contributed by atoms with Crippen LogP contribution in [0.3, 0.4) is 0 Å². The Morgan fingerprint density at radius 3 is 1.13 bits per heavy atom. The number of anilines is 3. The van der Waals surface area contributed by atoms with E-state index in [1.54, 1.807) is 42.5 Å². The molecule has 3 N–H and O–H groups in total. The van der Waals surface area contributed by atoms with E-state index in [2.05, 4.69) is 308 Å². The summed E-state index contributed by atoms with van der Waals surface area (Å²) in [5.41, 5.74) is 23.4. The second kappa shape index (κ2) is 40.1. The molecule has 0 saturated carbocycles. The normalized spacial score (nSPS) is 11.2. The molecule has 0 unspecified atom stereocenters. The number of hydrogen-bond donors (Lipinski definition) is 2. The van der Waals surface area contributed by atoms with Crippen molar-refractivity contribution in [3.05, 3.63) is 387 Å². The standard InChI is InChI=1S/C42H28N2O.C24H16BrN.C18H13NO.C15H9F3O3S.CH4.B18/c1-2-9-33(10-3-1)44-39-15-6-4-11-35(39)38-27-30(21-26-40(38)44)28-17-22-31(23-18-28)43-32-24-19-29(20-25-32)34-13-8-14-37-36-12-5-7-16-41(36)45-42(34)37;25-19-13-10-17(11-14-19)18-12-15-24-22(16-18)21-8-4-5-9-23(21)26(24)20-6-2-1-3-7-20;19-13-10-8-12(9-11-13)14-5-3-6-16-15-4-1-2-7-17(15)20-18(14)16;16-15(17,18)22(19,20)21-13-7-3-5-11-9-8-10-4-1-2-6-12(10)14(11)13;;1-11(2)16(12(3)4)18(15(9)10)17(13(5)6)14(7)8/h1-27,43H;1-16H;1-11H,19H2;1-9H;1H4;. The fourth-order valence-electron chi connectivity index (χ4n) is 17.5. The smallest absolute Gasteiger partial charge is 0.455 e. The number of fused-ring (bicyclic) bond motifs is 15. The molecule has 132 heavy (non-hydrogen) atoms. The molecule has 0 spiro atoms. The van der Waals surface area contributed by atoms with Crippen LogP contribution in [0.5, 0.6) is 5.75 Å². The number of halogens is 4. The molecule has 21 aromatic rings. The molecule has 21 rings (SSSR count). The largest absolute Gasteiger partial charge is 0.534 e. The van der Waals surface area contributed by atoms with Gasteiger partial charge in [-0.25, -0.2) is 0 Å². The topological polar surface area (TPSA) is 118 Å². The van der Waals surface area contributed by atoms with Crippen molar-refractivity contribution in [2.24, 2.45) is 0 Å². The maximum atomic E-state index is 12.5. The molecular formula is C100H70B18BrF3N4O5S. The number of furan rings is 2. The zero-order chi connectivity index (χ0) is 91.4. The minimum absolute atomic E-state index is 0. The van der Waals surface area contributed by atoms with E-state index >= 15 is 0 Å². The van der Waals surface area contributed by atoms with Crippen LogP contribution in [0.15, 0.2) is 395 Å². The van der Waals surface area contributed by atoms with E-state index in [1.165, 1.54) is 89.4 Å². The van der Waals surface area contributed by atoms with Gasteiger partial charge in [0.1, 0.15) is 22.3 Å². The van der Waals surface area contributed by atoms with Gasteiger partial charge in [-0.1, -0.05) is 278 Å². The Morgan fingerprint density at radius 2 is 0.682 bits per heavy atom. The van der Waals surface area contributed by atoms with Gasteiger partial charge in [-0.05, 0) is 177 Å². The van der Waals surface area contributed by atoms with Crippen molar-refractivity contribution < 1.29 is 34.6 Å². The summed E-state index contributed by atoms with van der Waals surface area (Å²) >= 11 is 3.52. The van der Waals surface area contributed by atoms with E-state index < -0.39 is 66.7 Å². The van der Waals surface area contributed by atoms with Crippen LogP contribution < -0.4 is 15.2 Å².